The zero-order valence-electron chi connectivity index (χ0n) is 15.5. The minimum atomic E-state index is -4.60. The van der Waals surface area contributed by atoms with E-state index in [1.807, 2.05) is 7.05 Å². The zero-order valence-corrected chi connectivity index (χ0v) is 15.5. The molecule has 6 nitrogen and oxygen atoms in total. The van der Waals surface area contributed by atoms with Crippen molar-refractivity contribution in [3.63, 3.8) is 0 Å². The van der Waals surface area contributed by atoms with Gasteiger partial charge in [-0.1, -0.05) is 0 Å². The maximum Gasteiger partial charge on any atom is 0.416 e. The van der Waals surface area contributed by atoms with Gasteiger partial charge < -0.3 is 15.3 Å². The molecule has 1 aliphatic rings. The van der Waals surface area contributed by atoms with Crippen LogP contribution in [-0.2, 0) is 6.18 Å². The van der Waals surface area contributed by atoms with Crippen molar-refractivity contribution in [1.29, 1.82) is 0 Å². The highest BCUT2D eigenvalue weighted by molar-refractivity contribution is 5.81. The number of aromatic hydroxyl groups is 1. The van der Waals surface area contributed by atoms with Crippen LogP contribution in [0.25, 0.3) is 16.8 Å². The number of rotatable bonds is 3. The van der Waals surface area contributed by atoms with Crippen LogP contribution >= 0.6 is 0 Å². The molecule has 4 rings (SSSR count). The largest absolute Gasteiger partial charge is 0.507 e. The van der Waals surface area contributed by atoms with E-state index in [0.29, 0.717) is 12.0 Å². The van der Waals surface area contributed by atoms with Crippen LogP contribution in [0.5, 0.6) is 5.75 Å². The highest BCUT2D eigenvalue weighted by Crippen LogP contribution is 2.37. The monoisotopic (exact) mass is 409 g/mol. The molecule has 0 saturated carbocycles. The fourth-order valence-corrected chi connectivity index (χ4v) is 3.66. The van der Waals surface area contributed by atoms with Gasteiger partial charge in [-0.15, -0.1) is 10.2 Å². The molecule has 1 unspecified atom stereocenters. The molecule has 1 saturated heterocycles. The molecule has 0 amide bonds. The van der Waals surface area contributed by atoms with E-state index in [0.717, 1.165) is 38.1 Å². The van der Waals surface area contributed by atoms with Crippen molar-refractivity contribution in [2.24, 2.45) is 0 Å². The fraction of sp³-hybridized carbons (Fsp3) is 0.368. The van der Waals surface area contributed by atoms with Crippen LogP contribution < -0.4 is 5.32 Å². The number of phenolic OH excluding ortho intramolecular Hbond substituents is 1. The van der Waals surface area contributed by atoms with Crippen molar-refractivity contribution in [3.8, 4) is 17.0 Å². The van der Waals surface area contributed by atoms with Gasteiger partial charge in [0.05, 0.1) is 5.56 Å². The van der Waals surface area contributed by atoms with Crippen molar-refractivity contribution >= 4 is 11.5 Å². The molecule has 1 atom stereocenters. The van der Waals surface area contributed by atoms with Gasteiger partial charge in [0.15, 0.2) is 5.82 Å². The molecule has 0 radical (unpaired) electrons. The Balaban J connectivity index is 1.75. The second-order valence-electron chi connectivity index (χ2n) is 7.23. The number of hydrogen-bond acceptors (Lipinski definition) is 5. The summed E-state index contributed by atoms with van der Waals surface area (Å²) >= 11 is 0. The lowest BCUT2D eigenvalue weighted by atomic mass is 10.1. The molecule has 29 heavy (non-hydrogen) atoms. The first-order valence-corrected chi connectivity index (χ1v) is 9.13. The summed E-state index contributed by atoms with van der Waals surface area (Å²) in [6.07, 6.45) is -1.18. The van der Waals surface area contributed by atoms with Crippen LogP contribution in [-0.4, -0.2) is 50.8 Å². The van der Waals surface area contributed by atoms with E-state index in [-0.39, 0.29) is 22.8 Å². The van der Waals surface area contributed by atoms with Crippen molar-refractivity contribution < 1.29 is 22.7 Å². The molecular weight excluding hydrogens is 390 g/mol. The Labute approximate surface area is 163 Å². The van der Waals surface area contributed by atoms with Gasteiger partial charge >= 0.3 is 6.18 Å². The highest BCUT2D eigenvalue weighted by Gasteiger charge is 2.31. The Morgan fingerprint density at radius 3 is 2.69 bits per heavy atom. The van der Waals surface area contributed by atoms with Gasteiger partial charge in [-0.25, -0.2) is 4.39 Å². The van der Waals surface area contributed by atoms with E-state index < -0.39 is 23.3 Å². The maximum absolute atomic E-state index is 14.5. The van der Waals surface area contributed by atoms with Crippen LogP contribution in [0.2, 0.25) is 0 Å². The van der Waals surface area contributed by atoms with Gasteiger partial charge in [-0.3, -0.25) is 4.40 Å². The van der Waals surface area contributed by atoms with E-state index >= 15 is 0 Å². The predicted octanol–water partition coefficient (Wildman–Crippen LogP) is 3.77. The number of nitrogens with zero attached hydrogens (tertiary/aromatic N) is 4. The Morgan fingerprint density at radius 1 is 1.21 bits per heavy atom. The zero-order chi connectivity index (χ0) is 20.8. The van der Waals surface area contributed by atoms with Crippen LogP contribution in [0.15, 0.2) is 30.5 Å². The number of alkyl halides is 3. The third kappa shape index (κ3) is 3.71. The van der Waals surface area contributed by atoms with Crippen molar-refractivity contribution in [3.05, 3.63) is 41.8 Å². The van der Waals surface area contributed by atoms with E-state index in [1.54, 1.807) is 0 Å². The summed E-state index contributed by atoms with van der Waals surface area (Å²) in [6.45, 7) is 1.80. The summed E-state index contributed by atoms with van der Waals surface area (Å²) in [5.41, 5.74) is -1.04. The van der Waals surface area contributed by atoms with Crippen LogP contribution in [0.3, 0.4) is 0 Å². The van der Waals surface area contributed by atoms with Crippen LogP contribution in [0.1, 0.15) is 18.4 Å². The lowest BCUT2D eigenvalue weighted by molar-refractivity contribution is -0.137. The second-order valence-corrected chi connectivity index (χ2v) is 7.23. The minimum Gasteiger partial charge on any atom is -0.507 e. The van der Waals surface area contributed by atoms with E-state index in [4.69, 9.17) is 0 Å². The number of nitrogens with one attached hydrogen (secondary N) is 1. The molecule has 0 aliphatic carbocycles. The van der Waals surface area contributed by atoms with Crippen molar-refractivity contribution in [2.45, 2.75) is 25.1 Å². The standard InChI is InChI=1S/C19H19F4N5O/c1-27-7-2-3-12(10-27)24-18-26-25-16(17-14(20)6-8-28(17)18)13-5-4-11(9-15(13)29)19(21,22)23/h4-6,8-9,12,29H,2-3,7,10H2,1H3,(H,24,26). The summed E-state index contributed by atoms with van der Waals surface area (Å²) in [5.74, 6) is -0.927. The van der Waals surface area contributed by atoms with Gasteiger partial charge in [0, 0.05) is 24.3 Å². The van der Waals surface area contributed by atoms with Crippen LogP contribution in [0, 0.1) is 5.82 Å². The molecule has 3 aromatic rings. The van der Waals surface area contributed by atoms with E-state index in [9.17, 15) is 22.7 Å². The first-order chi connectivity index (χ1) is 13.7. The van der Waals surface area contributed by atoms with Crippen molar-refractivity contribution in [2.75, 3.05) is 25.5 Å². The number of benzene rings is 1. The van der Waals surface area contributed by atoms with E-state index in [1.165, 1.54) is 16.7 Å². The number of halogens is 4. The molecule has 10 heteroatoms. The number of fused-ring (bicyclic) bond motifs is 1. The second kappa shape index (κ2) is 7.18. The Hall–Kier alpha value is -2.88. The predicted molar refractivity (Wildman–Crippen MR) is 99.2 cm³/mol. The molecule has 1 aromatic carbocycles. The topological polar surface area (TPSA) is 65.7 Å². The van der Waals surface area contributed by atoms with Gasteiger partial charge in [0.2, 0.25) is 5.95 Å². The minimum absolute atomic E-state index is 0.0294. The Kier molecular flexibility index (Phi) is 4.81. The number of likely N-dealkylation sites (N-methyl/N-ethyl adjacent to an activating group) is 1. The molecule has 0 spiro atoms. The Bertz CT molecular complexity index is 1050. The number of likely N-dealkylation sites (tertiary alicyclic amines) is 1. The average Bonchev–Trinajstić information content (AvgIpc) is 3.04. The van der Waals surface area contributed by atoms with Gasteiger partial charge in [-0.05, 0) is 50.7 Å². The normalized spacial score (nSPS) is 18.3. The summed E-state index contributed by atoms with van der Waals surface area (Å²) in [4.78, 5) is 2.18. The molecule has 1 fully saturated rings. The van der Waals surface area contributed by atoms with Gasteiger partial charge in [0.25, 0.3) is 0 Å². The maximum atomic E-state index is 14.5. The summed E-state index contributed by atoms with van der Waals surface area (Å²) < 4.78 is 54.6. The fourth-order valence-electron chi connectivity index (χ4n) is 3.66. The summed E-state index contributed by atoms with van der Waals surface area (Å²) in [5, 5.41) is 21.5. The van der Waals surface area contributed by atoms with Gasteiger partial charge in [-0.2, -0.15) is 13.2 Å². The number of aromatic nitrogens is 3. The summed E-state index contributed by atoms with van der Waals surface area (Å²) in [7, 11) is 2.01. The van der Waals surface area contributed by atoms with E-state index in [2.05, 4.69) is 20.4 Å². The molecule has 2 N–H and O–H groups in total. The molecule has 0 bridgehead atoms. The number of anilines is 1. The molecule has 1 aliphatic heterocycles. The number of phenols is 1. The quantitative estimate of drug-likeness (QED) is 0.645. The molecule has 154 valence electrons. The summed E-state index contributed by atoms with van der Waals surface area (Å²) in [6, 6.07) is 3.82. The molecule has 2 aromatic heterocycles. The lowest BCUT2D eigenvalue weighted by Crippen LogP contribution is -2.40. The first-order valence-electron chi connectivity index (χ1n) is 9.13. The molecular formula is C19H19F4N5O. The smallest absolute Gasteiger partial charge is 0.416 e. The SMILES string of the molecule is CN1CCCC(Nc2nnc(-c3ccc(C(F)(F)F)cc3O)c3c(F)ccn23)C1. The number of hydrogen-bond donors (Lipinski definition) is 2. The number of piperidine rings is 1. The highest BCUT2D eigenvalue weighted by atomic mass is 19.4. The van der Waals surface area contributed by atoms with Crippen LogP contribution in [0.4, 0.5) is 23.5 Å². The lowest BCUT2D eigenvalue weighted by Gasteiger charge is -2.30. The van der Waals surface area contributed by atoms with Crippen molar-refractivity contribution in [1.82, 2.24) is 19.5 Å². The first kappa shape index (κ1) is 19.4. The third-order valence-electron chi connectivity index (χ3n) is 5.07. The average molecular weight is 409 g/mol. The Morgan fingerprint density at radius 2 is 2.00 bits per heavy atom. The third-order valence-corrected chi connectivity index (χ3v) is 5.07. The van der Waals surface area contributed by atoms with Gasteiger partial charge in [0.1, 0.15) is 17.0 Å². The molecule has 3 heterocycles.